The van der Waals surface area contributed by atoms with Gasteiger partial charge in [0.25, 0.3) is 15.9 Å². The van der Waals surface area contributed by atoms with Gasteiger partial charge in [-0.15, -0.1) is 0 Å². The van der Waals surface area contributed by atoms with Gasteiger partial charge in [-0.3, -0.25) is 14.3 Å². The number of amides is 2. The van der Waals surface area contributed by atoms with Gasteiger partial charge in [-0.25, -0.2) is 13.4 Å². The van der Waals surface area contributed by atoms with Crippen LogP contribution in [0.4, 0.5) is 5.69 Å². The Labute approximate surface area is 235 Å². The molecule has 3 aromatic rings. The maximum atomic E-state index is 12.9. The second-order valence-corrected chi connectivity index (χ2v) is 11.3. The van der Waals surface area contributed by atoms with Crippen molar-refractivity contribution in [3.05, 3.63) is 75.4 Å². The second kappa shape index (κ2) is 12.2. The molecule has 0 saturated carbocycles. The highest BCUT2D eigenvalue weighted by Gasteiger charge is 2.21. The fourth-order valence-corrected chi connectivity index (χ4v) is 5.35. The molecule has 0 unspecified atom stereocenters. The molecule has 1 aliphatic heterocycles. The molecule has 9 nitrogen and oxygen atoms in total. The number of benzene rings is 2. The SMILES string of the molecule is O=C(NCCCN1CCCC1=O)c1cccc(Oc2ncc(Cl)cc2NS(=O)(=O)c2ccc(Cl)c(Cl)c2)c1. The summed E-state index contributed by atoms with van der Waals surface area (Å²) in [6.07, 6.45) is 3.40. The first-order valence-corrected chi connectivity index (χ1v) is 14.2. The summed E-state index contributed by atoms with van der Waals surface area (Å²) in [6.45, 7) is 1.77. The predicted octanol–water partition coefficient (Wildman–Crippen LogP) is 5.38. The highest BCUT2D eigenvalue weighted by atomic mass is 35.5. The molecule has 38 heavy (non-hydrogen) atoms. The summed E-state index contributed by atoms with van der Waals surface area (Å²) in [6, 6.07) is 11.6. The number of aromatic nitrogens is 1. The van der Waals surface area contributed by atoms with E-state index in [1.165, 1.54) is 36.5 Å². The molecule has 13 heteroatoms. The quantitative estimate of drug-likeness (QED) is 0.303. The van der Waals surface area contributed by atoms with Gasteiger partial charge in [0.15, 0.2) is 0 Å². The van der Waals surface area contributed by atoms with Crippen molar-refractivity contribution in [1.82, 2.24) is 15.2 Å². The molecule has 1 fully saturated rings. The van der Waals surface area contributed by atoms with Gasteiger partial charge in [0.05, 0.1) is 20.0 Å². The second-order valence-electron chi connectivity index (χ2n) is 8.41. The molecule has 0 radical (unpaired) electrons. The molecule has 2 amide bonds. The Hall–Kier alpha value is -3.05. The van der Waals surface area contributed by atoms with Crippen LogP contribution in [-0.2, 0) is 14.8 Å². The third-order valence-electron chi connectivity index (χ3n) is 5.64. The van der Waals surface area contributed by atoms with Crippen molar-refractivity contribution in [2.24, 2.45) is 0 Å². The Kier molecular flexibility index (Phi) is 8.99. The Bertz CT molecular complexity index is 1470. The van der Waals surface area contributed by atoms with Gasteiger partial charge in [0, 0.05) is 37.8 Å². The minimum atomic E-state index is -4.09. The number of hydrogen-bond acceptors (Lipinski definition) is 6. The van der Waals surface area contributed by atoms with Crippen molar-refractivity contribution >= 4 is 62.3 Å². The van der Waals surface area contributed by atoms with Crippen LogP contribution >= 0.6 is 34.8 Å². The standard InChI is InChI=1S/C25H23Cl3N4O5S/c26-17-13-22(31-38(35,36)19-7-8-20(27)21(28)14-19)25(30-15-17)37-18-5-1-4-16(12-18)24(34)29-9-3-11-32-10-2-6-23(32)33/h1,4-5,7-8,12-15,31H,2-3,6,9-11H2,(H,29,34). The summed E-state index contributed by atoms with van der Waals surface area (Å²) >= 11 is 17.9. The summed E-state index contributed by atoms with van der Waals surface area (Å²) in [5.41, 5.74) is 0.321. The lowest BCUT2D eigenvalue weighted by molar-refractivity contribution is -0.127. The van der Waals surface area contributed by atoms with E-state index in [9.17, 15) is 18.0 Å². The van der Waals surface area contributed by atoms with Crippen LogP contribution in [0.2, 0.25) is 15.1 Å². The molecule has 1 aliphatic rings. The zero-order valence-corrected chi connectivity index (χ0v) is 23.0. The number of sulfonamides is 1. The summed E-state index contributed by atoms with van der Waals surface area (Å²) in [4.78, 5) is 30.1. The minimum Gasteiger partial charge on any atom is -0.437 e. The van der Waals surface area contributed by atoms with Crippen molar-refractivity contribution in [2.45, 2.75) is 24.2 Å². The zero-order valence-electron chi connectivity index (χ0n) is 19.9. The van der Waals surface area contributed by atoms with Gasteiger partial charge in [0.2, 0.25) is 11.8 Å². The predicted molar refractivity (Wildman–Crippen MR) is 146 cm³/mol. The number of rotatable bonds is 10. The molecule has 0 aliphatic carbocycles. The van der Waals surface area contributed by atoms with E-state index in [4.69, 9.17) is 39.5 Å². The first-order valence-electron chi connectivity index (χ1n) is 11.6. The van der Waals surface area contributed by atoms with E-state index < -0.39 is 10.0 Å². The summed E-state index contributed by atoms with van der Waals surface area (Å²) in [7, 11) is -4.09. The highest BCUT2D eigenvalue weighted by molar-refractivity contribution is 7.92. The fourth-order valence-electron chi connectivity index (χ4n) is 3.76. The number of ether oxygens (including phenoxy) is 1. The maximum Gasteiger partial charge on any atom is 0.262 e. The number of halogens is 3. The normalized spacial score (nSPS) is 13.4. The third kappa shape index (κ3) is 7.08. The van der Waals surface area contributed by atoms with E-state index in [1.54, 1.807) is 23.1 Å². The summed E-state index contributed by atoms with van der Waals surface area (Å²) < 4.78 is 34.1. The van der Waals surface area contributed by atoms with E-state index in [2.05, 4.69) is 15.0 Å². The van der Waals surface area contributed by atoms with Gasteiger partial charge < -0.3 is 15.0 Å². The molecule has 2 aromatic carbocycles. The van der Waals surface area contributed by atoms with Crippen LogP contribution in [-0.4, -0.2) is 49.8 Å². The van der Waals surface area contributed by atoms with Gasteiger partial charge >= 0.3 is 0 Å². The average molecular weight is 598 g/mol. The number of carbonyl (C=O) groups excluding carboxylic acids is 2. The van der Waals surface area contributed by atoms with E-state index in [-0.39, 0.29) is 49.1 Å². The molecule has 0 atom stereocenters. The number of hydrogen-bond donors (Lipinski definition) is 2. The first-order chi connectivity index (χ1) is 18.1. The van der Waals surface area contributed by atoms with Crippen molar-refractivity contribution in [1.29, 1.82) is 0 Å². The lowest BCUT2D eigenvalue weighted by Gasteiger charge is -2.15. The van der Waals surface area contributed by atoms with Gasteiger partial charge in [-0.1, -0.05) is 40.9 Å². The largest absolute Gasteiger partial charge is 0.437 e. The molecule has 0 spiro atoms. The Morgan fingerprint density at radius 2 is 1.89 bits per heavy atom. The lowest BCUT2D eigenvalue weighted by Crippen LogP contribution is -2.30. The van der Waals surface area contributed by atoms with Gasteiger partial charge in [-0.05, 0) is 55.3 Å². The van der Waals surface area contributed by atoms with Crippen LogP contribution in [0, 0.1) is 0 Å². The van der Waals surface area contributed by atoms with Gasteiger partial charge in [0.1, 0.15) is 11.4 Å². The van der Waals surface area contributed by atoms with Crippen LogP contribution in [0.25, 0.3) is 0 Å². The average Bonchev–Trinajstić information content (AvgIpc) is 3.29. The Morgan fingerprint density at radius 1 is 1.08 bits per heavy atom. The van der Waals surface area contributed by atoms with Crippen LogP contribution in [0.5, 0.6) is 11.6 Å². The number of nitrogens with one attached hydrogen (secondary N) is 2. The van der Waals surface area contributed by atoms with Crippen molar-refractivity contribution in [3.8, 4) is 11.6 Å². The number of pyridine rings is 1. The van der Waals surface area contributed by atoms with Crippen molar-refractivity contribution in [2.75, 3.05) is 24.4 Å². The van der Waals surface area contributed by atoms with Crippen LogP contribution in [0.15, 0.2) is 59.6 Å². The molecule has 1 aromatic heterocycles. The molecule has 200 valence electrons. The number of nitrogens with zero attached hydrogens (tertiary/aromatic N) is 2. The number of anilines is 1. The van der Waals surface area contributed by atoms with E-state index in [1.807, 2.05) is 0 Å². The van der Waals surface area contributed by atoms with E-state index in [0.29, 0.717) is 31.5 Å². The number of carbonyl (C=O) groups is 2. The molecule has 2 N–H and O–H groups in total. The lowest BCUT2D eigenvalue weighted by atomic mass is 10.2. The van der Waals surface area contributed by atoms with E-state index in [0.717, 1.165) is 13.0 Å². The Morgan fingerprint density at radius 3 is 2.63 bits per heavy atom. The van der Waals surface area contributed by atoms with Crippen molar-refractivity contribution < 1.29 is 22.7 Å². The molecule has 4 rings (SSSR count). The van der Waals surface area contributed by atoms with Crippen LogP contribution in [0.1, 0.15) is 29.6 Å². The van der Waals surface area contributed by atoms with Gasteiger partial charge in [-0.2, -0.15) is 0 Å². The highest BCUT2D eigenvalue weighted by Crippen LogP contribution is 2.32. The number of likely N-dealkylation sites (tertiary alicyclic amines) is 1. The monoisotopic (exact) mass is 596 g/mol. The minimum absolute atomic E-state index is 0.0186. The maximum absolute atomic E-state index is 12.9. The van der Waals surface area contributed by atoms with Crippen LogP contribution in [0.3, 0.4) is 0 Å². The molecule has 1 saturated heterocycles. The molecule has 0 bridgehead atoms. The fraction of sp³-hybridized carbons (Fsp3) is 0.240. The zero-order chi connectivity index (χ0) is 27.3. The topological polar surface area (TPSA) is 118 Å². The third-order valence-corrected chi connectivity index (χ3v) is 7.94. The Balaban J connectivity index is 1.44. The smallest absolute Gasteiger partial charge is 0.262 e. The first kappa shape index (κ1) is 28.0. The van der Waals surface area contributed by atoms with Crippen molar-refractivity contribution in [3.63, 3.8) is 0 Å². The summed E-state index contributed by atoms with van der Waals surface area (Å²) in [5.74, 6) is 0.0133. The van der Waals surface area contributed by atoms with Crippen LogP contribution < -0.4 is 14.8 Å². The summed E-state index contributed by atoms with van der Waals surface area (Å²) in [5, 5.41) is 3.29. The van der Waals surface area contributed by atoms with E-state index >= 15 is 0 Å². The molecular weight excluding hydrogens is 575 g/mol. The molecular formula is C25H23Cl3N4O5S. The molecule has 2 heterocycles.